The van der Waals surface area contributed by atoms with E-state index in [4.69, 9.17) is 16.3 Å². The van der Waals surface area contributed by atoms with E-state index in [1.54, 1.807) is 24.3 Å². The number of amides is 1. The van der Waals surface area contributed by atoms with Gasteiger partial charge in [0.1, 0.15) is 12.4 Å². The average Bonchev–Trinajstić information content (AvgIpc) is 2.71. The van der Waals surface area contributed by atoms with Crippen LogP contribution in [-0.2, 0) is 19.3 Å². The van der Waals surface area contributed by atoms with Gasteiger partial charge in [0.25, 0.3) is 5.91 Å². The Hall–Kier alpha value is -2.99. The highest BCUT2D eigenvalue weighted by atomic mass is 35.5. The molecule has 3 aromatic carbocycles. The smallest absolute Gasteiger partial charge is 0.416 e. The van der Waals surface area contributed by atoms with Gasteiger partial charge in [-0.3, -0.25) is 4.79 Å². The second-order valence-electron chi connectivity index (χ2n) is 6.30. The van der Waals surface area contributed by atoms with Crippen molar-refractivity contribution in [1.82, 2.24) is 5.32 Å². The molecule has 0 aliphatic carbocycles. The van der Waals surface area contributed by atoms with Crippen molar-refractivity contribution in [2.24, 2.45) is 0 Å². The number of rotatable bonds is 6. The van der Waals surface area contributed by atoms with E-state index >= 15 is 0 Å². The Bertz CT molecular complexity index is 991. The van der Waals surface area contributed by atoms with Gasteiger partial charge in [-0.25, -0.2) is 0 Å². The Morgan fingerprint density at radius 2 is 1.66 bits per heavy atom. The van der Waals surface area contributed by atoms with Crippen molar-refractivity contribution in [1.29, 1.82) is 0 Å². The van der Waals surface area contributed by atoms with E-state index in [-0.39, 0.29) is 23.3 Å². The molecule has 150 valence electrons. The van der Waals surface area contributed by atoms with Crippen LogP contribution in [-0.4, -0.2) is 5.91 Å². The van der Waals surface area contributed by atoms with Crippen LogP contribution in [0, 0.1) is 0 Å². The fourth-order valence-corrected chi connectivity index (χ4v) is 2.87. The molecular weight excluding hydrogens is 403 g/mol. The van der Waals surface area contributed by atoms with Gasteiger partial charge in [-0.2, -0.15) is 13.2 Å². The zero-order chi connectivity index (χ0) is 20.9. The van der Waals surface area contributed by atoms with Gasteiger partial charge < -0.3 is 10.1 Å². The fraction of sp³-hybridized carbons (Fsp3) is 0.136. The van der Waals surface area contributed by atoms with Crippen LogP contribution in [0.15, 0.2) is 72.8 Å². The Labute approximate surface area is 171 Å². The number of carbonyl (C=O) groups excluding carboxylic acids is 1. The number of benzene rings is 3. The maximum atomic E-state index is 12.7. The minimum absolute atomic E-state index is 0.0604. The summed E-state index contributed by atoms with van der Waals surface area (Å²) in [6.45, 7) is 0.465. The minimum atomic E-state index is -4.47. The maximum absolute atomic E-state index is 12.7. The largest absolute Gasteiger partial charge is 0.487 e. The van der Waals surface area contributed by atoms with Gasteiger partial charge in [0, 0.05) is 12.1 Å². The molecule has 0 unspecified atom stereocenters. The number of ether oxygens (including phenoxy) is 1. The molecule has 0 bridgehead atoms. The van der Waals surface area contributed by atoms with Gasteiger partial charge in [0.2, 0.25) is 0 Å². The highest BCUT2D eigenvalue weighted by Crippen LogP contribution is 2.34. The molecule has 0 aromatic heterocycles. The van der Waals surface area contributed by atoms with Crippen LogP contribution in [0.5, 0.6) is 5.75 Å². The molecule has 0 atom stereocenters. The number of hydrogen-bond acceptors (Lipinski definition) is 2. The third kappa shape index (κ3) is 5.74. The molecule has 0 radical (unpaired) electrons. The van der Waals surface area contributed by atoms with Crippen molar-refractivity contribution in [2.75, 3.05) is 0 Å². The summed E-state index contributed by atoms with van der Waals surface area (Å²) in [6, 6.07) is 19.2. The highest BCUT2D eigenvalue weighted by molar-refractivity contribution is 6.32. The summed E-state index contributed by atoms with van der Waals surface area (Å²) in [5.74, 6) is -0.0955. The number of alkyl halides is 3. The summed E-state index contributed by atoms with van der Waals surface area (Å²) in [6.07, 6.45) is -4.47. The summed E-state index contributed by atoms with van der Waals surface area (Å²) < 4.78 is 43.6. The van der Waals surface area contributed by atoms with E-state index in [0.717, 1.165) is 17.7 Å². The van der Waals surface area contributed by atoms with Crippen LogP contribution in [0.2, 0.25) is 5.02 Å². The minimum Gasteiger partial charge on any atom is -0.487 e. The Kier molecular flexibility index (Phi) is 6.44. The third-order valence-corrected chi connectivity index (χ3v) is 4.43. The summed E-state index contributed by atoms with van der Waals surface area (Å²) in [5, 5.41) is 2.71. The van der Waals surface area contributed by atoms with Gasteiger partial charge in [-0.1, -0.05) is 54.1 Å². The predicted octanol–water partition coefficient (Wildman–Crippen LogP) is 5.87. The van der Waals surface area contributed by atoms with Crippen molar-refractivity contribution in [3.63, 3.8) is 0 Å². The first-order valence-electron chi connectivity index (χ1n) is 8.73. The predicted molar refractivity (Wildman–Crippen MR) is 105 cm³/mol. The standard InChI is InChI=1S/C22H17ClF3NO2/c23-19-12-18(22(24,25)26)9-10-20(19)29-14-16-7-4-8-17(11-16)21(28)27-13-15-5-2-1-3-6-15/h1-12H,13-14H2,(H,27,28). The zero-order valence-corrected chi connectivity index (χ0v) is 15.9. The quantitative estimate of drug-likeness (QED) is 0.542. The number of halogens is 4. The van der Waals surface area contributed by atoms with Gasteiger partial charge >= 0.3 is 6.18 Å². The van der Waals surface area contributed by atoms with Crippen LogP contribution >= 0.6 is 11.6 Å². The van der Waals surface area contributed by atoms with Crippen LogP contribution < -0.4 is 10.1 Å². The van der Waals surface area contributed by atoms with E-state index in [1.807, 2.05) is 30.3 Å². The molecule has 3 aromatic rings. The molecule has 0 saturated carbocycles. The van der Waals surface area contributed by atoms with Crippen molar-refractivity contribution in [2.45, 2.75) is 19.3 Å². The Morgan fingerprint density at radius 1 is 0.931 bits per heavy atom. The summed E-state index contributed by atoms with van der Waals surface area (Å²) >= 11 is 5.89. The lowest BCUT2D eigenvalue weighted by Crippen LogP contribution is -2.22. The van der Waals surface area contributed by atoms with Gasteiger partial charge in [-0.15, -0.1) is 0 Å². The Morgan fingerprint density at radius 3 is 2.34 bits per heavy atom. The van der Waals surface area contributed by atoms with E-state index in [2.05, 4.69) is 5.32 Å². The normalized spacial score (nSPS) is 11.2. The molecule has 0 saturated heterocycles. The summed E-state index contributed by atoms with van der Waals surface area (Å²) in [5.41, 5.74) is 1.29. The van der Waals surface area contributed by atoms with Crippen molar-refractivity contribution in [3.05, 3.63) is 100 Å². The van der Waals surface area contributed by atoms with Crippen molar-refractivity contribution >= 4 is 17.5 Å². The number of carbonyl (C=O) groups is 1. The Balaban J connectivity index is 1.62. The lowest BCUT2D eigenvalue weighted by molar-refractivity contribution is -0.137. The second-order valence-corrected chi connectivity index (χ2v) is 6.71. The van der Waals surface area contributed by atoms with E-state index in [0.29, 0.717) is 17.7 Å². The lowest BCUT2D eigenvalue weighted by atomic mass is 10.1. The number of hydrogen-bond donors (Lipinski definition) is 1. The fourth-order valence-electron chi connectivity index (χ4n) is 2.64. The first kappa shape index (κ1) is 20.7. The van der Waals surface area contributed by atoms with Crippen molar-refractivity contribution < 1.29 is 22.7 Å². The molecule has 0 aliphatic rings. The van der Waals surface area contributed by atoms with Gasteiger partial charge in [0.15, 0.2) is 0 Å². The first-order chi connectivity index (χ1) is 13.8. The van der Waals surface area contributed by atoms with Crippen LogP contribution in [0.25, 0.3) is 0 Å². The molecule has 0 heterocycles. The van der Waals surface area contributed by atoms with Crippen LogP contribution in [0.4, 0.5) is 13.2 Å². The maximum Gasteiger partial charge on any atom is 0.416 e. The molecule has 3 nitrogen and oxygen atoms in total. The highest BCUT2D eigenvalue weighted by Gasteiger charge is 2.31. The molecular formula is C22H17ClF3NO2. The third-order valence-electron chi connectivity index (χ3n) is 4.14. The van der Waals surface area contributed by atoms with E-state index in [9.17, 15) is 18.0 Å². The zero-order valence-electron chi connectivity index (χ0n) is 15.2. The SMILES string of the molecule is O=C(NCc1ccccc1)c1cccc(COc2ccc(C(F)(F)F)cc2Cl)c1. The number of nitrogens with one attached hydrogen (secondary N) is 1. The summed E-state index contributed by atoms with van der Waals surface area (Å²) in [7, 11) is 0. The molecule has 3 rings (SSSR count). The average molecular weight is 420 g/mol. The molecule has 1 N–H and O–H groups in total. The van der Waals surface area contributed by atoms with E-state index < -0.39 is 11.7 Å². The molecule has 0 spiro atoms. The van der Waals surface area contributed by atoms with Gasteiger partial charge in [-0.05, 0) is 41.5 Å². The topological polar surface area (TPSA) is 38.3 Å². The summed E-state index contributed by atoms with van der Waals surface area (Å²) in [4.78, 5) is 12.4. The van der Waals surface area contributed by atoms with Crippen molar-refractivity contribution in [3.8, 4) is 5.75 Å². The first-order valence-corrected chi connectivity index (χ1v) is 9.11. The van der Waals surface area contributed by atoms with E-state index in [1.165, 1.54) is 6.07 Å². The van der Waals surface area contributed by atoms with Crippen LogP contribution in [0.1, 0.15) is 27.0 Å². The monoisotopic (exact) mass is 419 g/mol. The van der Waals surface area contributed by atoms with Crippen LogP contribution in [0.3, 0.4) is 0 Å². The molecule has 1 amide bonds. The lowest BCUT2D eigenvalue weighted by Gasteiger charge is -2.12. The molecule has 0 aliphatic heterocycles. The second kappa shape index (κ2) is 9.01. The molecule has 29 heavy (non-hydrogen) atoms. The molecule has 7 heteroatoms. The molecule has 0 fully saturated rings. The van der Waals surface area contributed by atoms with Gasteiger partial charge in [0.05, 0.1) is 10.6 Å².